The molecular weight excluding hydrogens is 458 g/mol. The van der Waals surface area contributed by atoms with Crippen molar-refractivity contribution in [2.24, 2.45) is 0 Å². The first-order valence-corrected chi connectivity index (χ1v) is 12.6. The SMILES string of the molecule is O=C(On1nnc2ccccc21)c1ccc(-c2nnc(-c3ccc(C4CCCCC4)cc3)s2)cc1. The van der Waals surface area contributed by atoms with Crippen molar-refractivity contribution in [3.05, 3.63) is 83.9 Å². The molecule has 1 aliphatic rings. The van der Waals surface area contributed by atoms with Gasteiger partial charge in [0, 0.05) is 11.1 Å². The van der Waals surface area contributed by atoms with E-state index >= 15 is 0 Å². The second kappa shape index (κ2) is 9.38. The highest BCUT2D eigenvalue weighted by molar-refractivity contribution is 7.17. The minimum absolute atomic E-state index is 0.413. The number of nitrogens with zero attached hydrogens (tertiary/aromatic N) is 5. The van der Waals surface area contributed by atoms with Crippen LogP contribution in [-0.4, -0.2) is 31.3 Å². The largest absolute Gasteiger partial charge is 0.365 e. The van der Waals surface area contributed by atoms with Crippen molar-refractivity contribution in [1.29, 1.82) is 0 Å². The van der Waals surface area contributed by atoms with Gasteiger partial charge in [0.05, 0.1) is 5.56 Å². The monoisotopic (exact) mass is 481 g/mol. The molecule has 6 rings (SSSR count). The van der Waals surface area contributed by atoms with E-state index in [4.69, 9.17) is 4.84 Å². The van der Waals surface area contributed by atoms with E-state index in [9.17, 15) is 4.79 Å². The van der Waals surface area contributed by atoms with E-state index < -0.39 is 5.97 Å². The normalized spacial score (nSPS) is 14.3. The number of rotatable bonds is 5. The fourth-order valence-electron chi connectivity index (χ4n) is 4.59. The molecule has 0 saturated heterocycles. The van der Waals surface area contributed by atoms with Crippen molar-refractivity contribution in [2.75, 3.05) is 0 Å². The maximum atomic E-state index is 12.6. The van der Waals surface area contributed by atoms with E-state index in [1.165, 1.54) is 49.0 Å². The summed E-state index contributed by atoms with van der Waals surface area (Å²) in [6, 6.07) is 23.2. The van der Waals surface area contributed by atoms with Gasteiger partial charge in [0.25, 0.3) is 0 Å². The molecule has 0 atom stereocenters. The molecule has 2 aromatic heterocycles. The Kier molecular flexibility index (Phi) is 5.79. The van der Waals surface area contributed by atoms with Crippen LogP contribution in [0.1, 0.15) is 53.9 Å². The average molecular weight is 482 g/mol. The van der Waals surface area contributed by atoms with E-state index in [0.717, 1.165) is 26.0 Å². The molecule has 7 nitrogen and oxygen atoms in total. The van der Waals surface area contributed by atoms with Crippen LogP contribution in [-0.2, 0) is 0 Å². The minimum Gasteiger partial charge on any atom is -0.312 e. The van der Waals surface area contributed by atoms with Gasteiger partial charge >= 0.3 is 5.97 Å². The molecule has 0 aliphatic heterocycles. The number of aromatic nitrogens is 5. The maximum Gasteiger partial charge on any atom is 0.365 e. The predicted octanol–water partition coefficient (Wildman–Crippen LogP) is 5.93. The second-order valence-corrected chi connectivity index (χ2v) is 9.75. The summed E-state index contributed by atoms with van der Waals surface area (Å²) in [6.45, 7) is 0. The van der Waals surface area contributed by atoms with Gasteiger partial charge in [-0.3, -0.25) is 0 Å². The fraction of sp³-hybridized carbons (Fsp3) is 0.222. The number of carbonyl (C=O) groups is 1. The molecule has 0 N–H and O–H groups in total. The van der Waals surface area contributed by atoms with E-state index in [0.29, 0.717) is 22.5 Å². The van der Waals surface area contributed by atoms with Gasteiger partial charge < -0.3 is 4.84 Å². The zero-order valence-corrected chi connectivity index (χ0v) is 19.8. The molecule has 5 aromatic rings. The van der Waals surface area contributed by atoms with Gasteiger partial charge in [-0.25, -0.2) is 4.79 Å². The van der Waals surface area contributed by atoms with Crippen LogP contribution in [0.25, 0.3) is 32.2 Å². The lowest BCUT2D eigenvalue weighted by molar-refractivity contribution is 0.0409. The molecule has 2 heterocycles. The molecule has 0 bridgehead atoms. The molecule has 1 saturated carbocycles. The average Bonchev–Trinajstić information content (AvgIpc) is 3.58. The third kappa shape index (κ3) is 4.44. The Morgan fingerprint density at radius 1 is 0.800 bits per heavy atom. The summed E-state index contributed by atoms with van der Waals surface area (Å²) >= 11 is 1.54. The summed E-state index contributed by atoms with van der Waals surface area (Å²) in [7, 11) is 0. The van der Waals surface area contributed by atoms with Gasteiger partial charge in [-0.05, 0) is 53.8 Å². The van der Waals surface area contributed by atoms with Gasteiger partial charge in [-0.15, -0.1) is 15.3 Å². The highest BCUT2D eigenvalue weighted by Crippen LogP contribution is 2.35. The molecule has 3 aromatic carbocycles. The van der Waals surface area contributed by atoms with Crippen LogP contribution in [0.5, 0.6) is 0 Å². The van der Waals surface area contributed by atoms with Gasteiger partial charge in [-0.1, -0.05) is 84.0 Å². The predicted molar refractivity (Wildman–Crippen MR) is 135 cm³/mol. The third-order valence-electron chi connectivity index (χ3n) is 6.52. The van der Waals surface area contributed by atoms with Gasteiger partial charge in [0.1, 0.15) is 21.0 Å². The van der Waals surface area contributed by atoms with Crippen LogP contribution < -0.4 is 4.84 Å². The van der Waals surface area contributed by atoms with Crippen molar-refractivity contribution in [2.45, 2.75) is 38.0 Å². The smallest absolute Gasteiger partial charge is 0.312 e. The first kappa shape index (κ1) is 21.6. The van der Waals surface area contributed by atoms with E-state index in [-0.39, 0.29) is 0 Å². The molecule has 0 unspecified atom stereocenters. The summed E-state index contributed by atoms with van der Waals surface area (Å²) in [5.41, 5.74) is 5.11. The van der Waals surface area contributed by atoms with Crippen molar-refractivity contribution < 1.29 is 9.63 Å². The van der Waals surface area contributed by atoms with Crippen molar-refractivity contribution in [1.82, 2.24) is 25.4 Å². The Bertz CT molecular complexity index is 1470. The maximum absolute atomic E-state index is 12.6. The molecule has 35 heavy (non-hydrogen) atoms. The lowest BCUT2D eigenvalue weighted by atomic mass is 9.84. The zero-order chi connectivity index (χ0) is 23.6. The van der Waals surface area contributed by atoms with Crippen LogP contribution in [0.2, 0.25) is 0 Å². The summed E-state index contributed by atoms with van der Waals surface area (Å²) < 4.78 is 0. The van der Waals surface area contributed by atoms with Gasteiger partial charge in [0.2, 0.25) is 0 Å². The Labute approximate surface area is 206 Å². The highest BCUT2D eigenvalue weighted by atomic mass is 32.1. The Morgan fingerprint density at radius 3 is 2.17 bits per heavy atom. The number of hydrogen-bond donors (Lipinski definition) is 0. The van der Waals surface area contributed by atoms with Gasteiger partial charge in [0.15, 0.2) is 0 Å². The van der Waals surface area contributed by atoms with E-state index in [1.807, 2.05) is 30.3 Å². The van der Waals surface area contributed by atoms with Crippen LogP contribution in [0.4, 0.5) is 0 Å². The van der Waals surface area contributed by atoms with E-state index in [2.05, 4.69) is 44.8 Å². The lowest BCUT2D eigenvalue weighted by Crippen LogP contribution is -2.20. The van der Waals surface area contributed by atoms with Crippen LogP contribution >= 0.6 is 11.3 Å². The highest BCUT2D eigenvalue weighted by Gasteiger charge is 2.17. The molecular formula is C27H23N5O2S. The topological polar surface area (TPSA) is 82.8 Å². The Morgan fingerprint density at radius 2 is 1.46 bits per heavy atom. The van der Waals surface area contributed by atoms with Crippen LogP contribution in [0.15, 0.2) is 72.8 Å². The third-order valence-corrected chi connectivity index (χ3v) is 7.54. The van der Waals surface area contributed by atoms with Crippen LogP contribution in [0.3, 0.4) is 0 Å². The summed E-state index contributed by atoms with van der Waals surface area (Å²) in [4.78, 5) is 19.1. The van der Waals surface area contributed by atoms with Crippen LogP contribution in [0, 0.1) is 0 Å². The standard InChI is InChI=1S/C27H23N5O2S/c33-27(34-32-24-9-5-4-8-23(24)28-31-32)22-16-14-21(15-17-22)26-30-29-25(35-26)20-12-10-19(11-13-20)18-6-2-1-3-7-18/h4-5,8-18H,1-3,6-7H2. The molecule has 1 aliphatic carbocycles. The Balaban J connectivity index is 1.15. The minimum atomic E-state index is -0.511. The summed E-state index contributed by atoms with van der Waals surface area (Å²) in [6.07, 6.45) is 6.62. The number of para-hydroxylation sites is 1. The van der Waals surface area contributed by atoms with Crippen molar-refractivity contribution >= 4 is 28.3 Å². The molecule has 0 amide bonds. The van der Waals surface area contributed by atoms with E-state index in [1.54, 1.807) is 18.2 Å². The molecule has 1 fully saturated rings. The Hall–Kier alpha value is -3.91. The lowest BCUT2D eigenvalue weighted by Gasteiger charge is -2.21. The summed E-state index contributed by atoms with van der Waals surface area (Å²) in [5, 5.41) is 18.4. The number of fused-ring (bicyclic) bond motifs is 1. The first-order chi connectivity index (χ1) is 17.2. The zero-order valence-electron chi connectivity index (χ0n) is 19.0. The number of hydrogen-bond acceptors (Lipinski definition) is 7. The second-order valence-electron chi connectivity index (χ2n) is 8.78. The quantitative estimate of drug-likeness (QED) is 0.289. The van der Waals surface area contributed by atoms with Crippen molar-refractivity contribution in [3.8, 4) is 21.1 Å². The molecule has 8 heteroatoms. The fourth-order valence-corrected chi connectivity index (χ4v) is 5.44. The number of carbonyl (C=O) groups excluding carboxylic acids is 1. The number of benzene rings is 3. The molecule has 0 spiro atoms. The first-order valence-electron chi connectivity index (χ1n) is 11.8. The van der Waals surface area contributed by atoms with Crippen molar-refractivity contribution in [3.63, 3.8) is 0 Å². The summed E-state index contributed by atoms with van der Waals surface area (Å²) in [5.74, 6) is 0.180. The van der Waals surface area contributed by atoms with Gasteiger partial charge in [-0.2, -0.15) is 0 Å². The molecule has 174 valence electrons. The molecule has 0 radical (unpaired) electrons.